The van der Waals surface area contributed by atoms with E-state index < -0.39 is 0 Å². The first kappa shape index (κ1) is 17.0. The predicted molar refractivity (Wildman–Crippen MR) is 98.7 cm³/mol. The quantitative estimate of drug-likeness (QED) is 0.844. The summed E-state index contributed by atoms with van der Waals surface area (Å²) < 4.78 is 5.25. The number of ether oxygens (including phenoxy) is 1. The van der Waals surface area contributed by atoms with Gasteiger partial charge in [0.15, 0.2) is 0 Å². The van der Waals surface area contributed by atoms with E-state index in [0.717, 1.165) is 22.8 Å². The Bertz CT molecular complexity index is 778. The van der Waals surface area contributed by atoms with Crippen LogP contribution in [0.3, 0.4) is 0 Å². The van der Waals surface area contributed by atoms with E-state index in [9.17, 15) is 4.79 Å². The van der Waals surface area contributed by atoms with E-state index in [1.54, 1.807) is 18.2 Å². The second-order valence-corrected chi connectivity index (χ2v) is 6.24. The minimum atomic E-state index is 0.0232. The lowest BCUT2D eigenvalue weighted by atomic mass is 10.2. The third kappa shape index (κ3) is 3.50. The molecule has 2 aromatic rings. The van der Waals surface area contributed by atoms with Crippen LogP contribution in [0, 0.1) is 6.92 Å². The number of carbonyl (C=O) groups excluding carboxylic acids is 1. The van der Waals surface area contributed by atoms with Crippen LogP contribution in [0.1, 0.15) is 5.56 Å². The molecule has 0 radical (unpaired) electrons. The summed E-state index contributed by atoms with van der Waals surface area (Å²) in [4.78, 5) is 27.3. The van der Waals surface area contributed by atoms with E-state index in [1.165, 1.54) is 0 Å². The van der Waals surface area contributed by atoms with Crippen molar-refractivity contribution in [3.05, 3.63) is 36.0 Å². The summed E-state index contributed by atoms with van der Waals surface area (Å²) in [6.07, 6.45) is 1.80. The topological polar surface area (TPSA) is 61.8 Å². The van der Waals surface area contributed by atoms with Gasteiger partial charge in [0.1, 0.15) is 18.1 Å². The average Bonchev–Trinajstić information content (AvgIpc) is 2.61. The molecule has 1 aliphatic heterocycles. The molecule has 1 amide bonds. The van der Waals surface area contributed by atoms with Crippen LogP contribution in [0.4, 0.5) is 17.5 Å². The van der Waals surface area contributed by atoms with Gasteiger partial charge in [-0.25, -0.2) is 4.98 Å². The minimum Gasteiger partial charge on any atom is -0.497 e. The van der Waals surface area contributed by atoms with Crippen LogP contribution in [0.5, 0.6) is 5.75 Å². The Morgan fingerprint density at radius 2 is 2.04 bits per heavy atom. The molecule has 3 rings (SSSR count). The second-order valence-electron chi connectivity index (χ2n) is 6.24. The van der Waals surface area contributed by atoms with Crippen LogP contribution in [-0.2, 0) is 4.79 Å². The molecule has 0 N–H and O–H groups in total. The monoisotopic (exact) mass is 341 g/mol. The predicted octanol–water partition coefficient (Wildman–Crippen LogP) is 1.71. The second kappa shape index (κ2) is 6.96. The molecule has 0 unspecified atom stereocenters. The fourth-order valence-electron chi connectivity index (χ4n) is 2.92. The highest BCUT2D eigenvalue weighted by atomic mass is 16.5. The summed E-state index contributed by atoms with van der Waals surface area (Å²) in [7, 11) is 5.52. The number of hydrogen-bond acceptors (Lipinski definition) is 6. The molecule has 2 heterocycles. The number of piperazine rings is 1. The maximum absolute atomic E-state index is 12.6. The first-order chi connectivity index (χ1) is 12.0. The average molecular weight is 341 g/mol. The van der Waals surface area contributed by atoms with Gasteiger partial charge in [0.25, 0.3) is 0 Å². The van der Waals surface area contributed by atoms with E-state index in [2.05, 4.69) is 9.97 Å². The third-order valence-corrected chi connectivity index (χ3v) is 4.22. The highest BCUT2D eigenvalue weighted by Crippen LogP contribution is 2.24. The van der Waals surface area contributed by atoms with Crippen LogP contribution in [0.25, 0.3) is 0 Å². The van der Waals surface area contributed by atoms with Crippen molar-refractivity contribution in [2.75, 3.05) is 55.5 Å². The smallest absolute Gasteiger partial charge is 0.246 e. The zero-order chi connectivity index (χ0) is 18.0. The fraction of sp³-hybridized carbons (Fsp3) is 0.389. The van der Waals surface area contributed by atoms with Gasteiger partial charge in [-0.15, -0.1) is 0 Å². The Hall–Kier alpha value is -2.83. The van der Waals surface area contributed by atoms with Crippen LogP contribution in [0.15, 0.2) is 30.5 Å². The van der Waals surface area contributed by atoms with Crippen LogP contribution < -0.4 is 19.4 Å². The summed E-state index contributed by atoms with van der Waals surface area (Å²) in [5, 5.41) is 0. The van der Waals surface area contributed by atoms with Gasteiger partial charge in [-0.2, -0.15) is 4.98 Å². The lowest BCUT2D eigenvalue weighted by molar-refractivity contribution is -0.117. The summed E-state index contributed by atoms with van der Waals surface area (Å²) in [5.74, 6) is 2.22. The van der Waals surface area contributed by atoms with Gasteiger partial charge in [0.05, 0.1) is 7.11 Å². The molecular weight excluding hydrogens is 318 g/mol. The summed E-state index contributed by atoms with van der Waals surface area (Å²) >= 11 is 0. The maximum atomic E-state index is 12.6. The van der Waals surface area contributed by atoms with E-state index in [4.69, 9.17) is 4.74 Å². The molecule has 0 saturated carbocycles. The van der Waals surface area contributed by atoms with E-state index in [-0.39, 0.29) is 12.5 Å². The van der Waals surface area contributed by atoms with Gasteiger partial charge in [-0.1, -0.05) is 6.07 Å². The normalized spacial score (nSPS) is 14.6. The number of anilines is 3. The summed E-state index contributed by atoms with van der Waals surface area (Å²) in [6.45, 7) is 3.50. The highest BCUT2D eigenvalue weighted by Gasteiger charge is 2.27. The van der Waals surface area contributed by atoms with Crippen molar-refractivity contribution in [3.63, 3.8) is 0 Å². The number of hydrogen-bond donors (Lipinski definition) is 0. The molecule has 0 bridgehead atoms. The molecule has 0 atom stereocenters. The van der Waals surface area contributed by atoms with Crippen LogP contribution in [-0.4, -0.2) is 56.7 Å². The van der Waals surface area contributed by atoms with Gasteiger partial charge in [0, 0.05) is 50.7 Å². The zero-order valence-corrected chi connectivity index (χ0v) is 15.1. The molecule has 1 saturated heterocycles. The molecule has 1 aromatic heterocycles. The number of aromatic nitrogens is 2. The molecule has 0 aliphatic carbocycles. The minimum absolute atomic E-state index is 0.0232. The van der Waals surface area contributed by atoms with Gasteiger partial charge in [0.2, 0.25) is 11.9 Å². The summed E-state index contributed by atoms with van der Waals surface area (Å²) in [5.41, 5.74) is 1.86. The van der Waals surface area contributed by atoms with Crippen molar-refractivity contribution in [2.45, 2.75) is 6.92 Å². The molecule has 25 heavy (non-hydrogen) atoms. The molecule has 1 fully saturated rings. The Morgan fingerprint density at radius 1 is 1.24 bits per heavy atom. The molecule has 0 spiro atoms. The number of nitrogens with zero attached hydrogens (tertiary/aromatic N) is 5. The highest BCUT2D eigenvalue weighted by molar-refractivity contribution is 5.97. The Morgan fingerprint density at radius 3 is 2.72 bits per heavy atom. The SMILES string of the molecule is COc1cccc(N2CCN(c3ncc(C)c(N(C)C)n3)CC2=O)c1. The van der Waals surface area contributed by atoms with Crippen molar-refractivity contribution in [2.24, 2.45) is 0 Å². The standard InChI is InChI=1S/C18H23N5O2/c1-13-11-19-18(20-17(13)21(2)3)22-8-9-23(16(24)12-22)14-6-5-7-15(10-14)25-4/h5-7,10-11H,8-9,12H2,1-4H3. The number of rotatable bonds is 4. The Kier molecular flexibility index (Phi) is 4.74. The number of aryl methyl sites for hydroxylation is 1. The van der Waals surface area contributed by atoms with Gasteiger partial charge in [-0.3, -0.25) is 4.79 Å². The van der Waals surface area contributed by atoms with E-state index in [1.807, 2.05) is 55.1 Å². The van der Waals surface area contributed by atoms with Gasteiger partial charge >= 0.3 is 0 Å². The van der Waals surface area contributed by atoms with Crippen molar-refractivity contribution >= 4 is 23.4 Å². The molecule has 7 heteroatoms. The Labute approximate surface area is 147 Å². The number of amides is 1. The fourth-order valence-corrected chi connectivity index (χ4v) is 2.92. The number of carbonyl (C=O) groups is 1. The zero-order valence-electron chi connectivity index (χ0n) is 15.1. The van der Waals surface area contributed by atoms with E-state index in [0.29, 0.717) is 19.0 Å². The molecular formula is C18H23N5O2. The van der Waals surface area contributed by atoms with Crippen molar-refractivity contribution in [1.82, 2.24) is 9.97 Å². The largest absolute Gasteiger partial charge is 0.497 e. The van der Waals surface area contributed by atoms with Crippen LogP contribution >= 0.6 is 0 Å². The van der Waals surface area contributed by atoms with Crippen molar-refractivity contribution < 1.29 is 9.53 Å². The molecule has 1 aliphatic rings. The molecule has 132 valence electrons. The number of methoxy groups -OCH3 is 1. The first-order valence-electron chi connectivity index (χ1n) is 8.20. The van der Waals surface area contributed by atoms with Crippen molar-refractivity contribution in [1.29, 1.82) is 0 Å². The van der Waals surface area contributed by atoms with Crippen LogP contribution in [0.2, 0.25) is 0 Å². The molecule has 1 aromatic carbocycles. The lowest BCUT2D eigenvalue weighted by Crippen LogP contribution is -2.51. The summed E-state index contributed by atoms with van der Waals surface area (Å²) in [6, 6.07) is 7.55. The first-order valence-corrected chi connectivity index (χ1v) is 8.20. The maximum Gasteiger partial charge on any atom is 0.246 e. The van der Waals surface area contributed by atoms with Crippen molar-refractivity contribution in [3.8, 4) is 5.75 Å². The van der Waals surface area contributed by atoms with Gasteiger partial charge < -0.3 is 19.4 Å². The molecule has 7 nitrogen and oxygen atoms in total. The Balaban J connectivity index is 1.78. The lowest BCUT2D eigenvalue weighted by Gasteiger charge is -2.34. The third-order valence-electron chi connectivity index (χ3n) is 4.22. The van der Waals surface area contributed by atoms with E-state index >= 15 is 0 Å². The van der Waals surface area contributed by atoms with Gasteiger partial charge in [-0.05, 0) is 19.1 Å². The number of benzene rings is 1.